The Kier molecular flexibility index (Phi) is 4.66. The molecule has 2 N–H and O–H groups in total. The molecule has 0 aromatic rings. The fraction of sp³-hybridized carbons (Fsp3) is 0.857. The summed E-state index contributed by atoms with van der Waals surface area (Å²) in [5.41, 5.74) is 0. The zero-order chi connectivity index (χ0) is 13.8. The van der Waals surface area contributed by atoms with Crippen LogP contribution in [0.4, 0.5) is 4.79 Å². The van der Waals surface area contributed by atoms with Gasteiger partial charge in [-0.05, 0) is 31.6 Å². The van der Waals surface area contributed by atoms with Crippen molar-refractivity contribution in [3.05, 3.63) is 0 Å². The molecule has 0 aromatic heterocycles. The van der Waals surface area contributed by atoms with Crippen molar-refractivity contribution in [1.29, 1.82) is 0 Å². The number of nitrogens with one attached hydrogen (secondary N) is 1. The molecule has 0 aromatic carbocycles. The minimum Gasteiger partial charge on any atom is -0.481 e. The molecule has 3 atom stereocenters. The standard InChI is InChI=1S/C14H24N2O3/c1-10-4-2-6-12(8-10)15-14(19)16-7-3-5-11(9-16)13(17)18/h10-12H,2-9H2,1H3,(H,15,19)(H,17,18)/t10?,11-,12?/m0/s1. The summed E-state index contributed by atoms with van der Waals surface area (Å²) in [4.78, 5) is 24.8. The van der Waals surface area contributed by atoms with Gasteiger partial charge in [-0.1, -0.05) is 19.8 Å². The quantitative estimate of drug-likeness (QED) is 0.805. The largest absolute Gasteiger partial charge is 0.481 e. The average Bonchev–Trinajstić information content (AvgIpc) is 2.39. The van der Waals surface area contributed by atoms with E-state index in [1.165, 1.54) is 12.8 Å². The van der Waals surface area contributed by atoms with E-state index in [0.29, 0.717) is 25.4 Å². The second-order valence-electron chi connectivity index (χ2n) is 6.04. The molecule has 108 valence electrons. The lowest BCUT2D eigenvalue weighted by molar-refractivity contribution is -0.143. The summed E-state index contributed by atoms with van der Waals surface area (Å²) in [6.07, 6.45) is 5.97. The predicted molar refractivity (Wildman–Crippen MR) is 71.9 cm³/mol. The lowest BCUT2D eigenvalue weighted by Crippen LogP contribution is -2.50. The third kappa shape index (κ3) is 3.85. The smallest absolute Gasteiger partial charge is 0.317 e. The molecule has 1 saturated carbocycles. The maximum absolute atomic E-state index is 12.2. The normalized spacial score (nSPS) is 31.8. The van der Waals surface area contributed by atoms with Gasteiger partial charge in [0.15, 0.2) is 0 Å². The number of amides is 2. The van der Waals surface area contributed by atoms with Crippen LogP contribution in [0.1, 0.15) is 45.4 Å². The van der Waals surface area contributed by atoms with Crippen LogP contribution in [-0.4, -0.2) is 41.1 Å². The van der Waals surface area contributed by atoms with Crippen LogP contribution in [0.15, 0.2) is 0 Å². The Balaban J connectivity index is 1.83. The van der Waals surface area contributed by atoms with Crippen LogP contribution in [0.3, 0.4) is 0 Å². The van der Waals surface area contributed by atoms with Crippen molar-refractivity contribution >= 4 is 12.0 Å². The van der Waals surface area contributed by atoms with E-state index in [2.05, 4.69) is 12.2 Å². The third-order valence-electron chi connectivity index (χ3n) is 4.32. The fourth-order valence-electron chi connectivity index (χ4n) is 3.19. The Morgan fingerprint density at radius 3 is 2.68 bits per heavy atom. The van der Waals surface area contributed by atoms with Gasteiger partial charge in [0.1, 0.15) is 0 Å². The first-order valence-electron chi connectivity index (χ1n) is 7.34. The van der Waals surface area contributed by atoms with E-state index < -0.39 is 11.9 Å². The summed E-state index contributed by atoms with van der Waals surface area (Å²) in [5, 5.41) is 12.1. The highest BCUT2D eigenvalue weighted by molar-refractivity contribution is 5.76. The van der Waals surface area contributed by atoms with Gasteiger partial charge in [0.05, 0.1) is 5.92 Å². The van der Waals surface area contributed by atoms with E-state index in [-0.39, 0.29) is 12.1 Å². The number of likely N-dealkylation sites (tertiary alicyclic amines) is 1. The van der Waals surface area contributed by atoms with Gasteiger partial charge in [0.25, 0.3) is 0 Å². The lowest BCUT2D eigenvalue weighted by Gasteiger charge is -2.34. The minimum absolute atomic E-state index is 0.0787. The van der Waals surface area contributed by atoms with Crippen LogP contribution in [0.2, 0.25) is 0 Å². The Morgan fingerprint density at radius 2 is 2.00 bits per heavy atom. The van der Waals surface area contributed by atoms with Crippen LogP contribution >= 0.6 is 0 Å². The third-order valence-corrected chi connectivity index (χ3v) is 4.32. The molecule has 19 heavy (non-hydrogen) atoms. The van der Waals surface area contributed by atoms with Crippen molar-refractivity contribution in [3.8, 4) is 0 Å². The molecule has 2 fully saturated rings. The van der Waals surface area contributed by atoms with Crippen LogP contribution in [0, 0.1) is 11.8 Å². The second kappa shape index (κ2) is 6.26. The number of carbonyl (C=O) groups excluding carboxylic acids is 1. The summed E-state index contributed by atoms with van der Waals surface area (Å²) < 4.78 is 0. The molecule has 0 bridgehead atoms. The molecule has 1 aliphatic heterocycles. The SMILES string of the molecule is CC1CCCC(NC(=O)N2CCC[C@H](C(=O)O)C2)C1. The second-order valence-corrected chi connectivity index (χ2v) is 6.04. The number of aliphatic carboxylic acids is 1. The molecule has 5 nitrogen and oxygen atoms in total. The monoisotopic (exact) mass is 268 g/mol. The Morgan fingerprint density at radius 1 is 1.21 bits per heavy atom. The molecule has 0 spiro atoms. The number of carboxylic acids is 1. The molecule has 1 heterocycles. The number of rotatable bonds is 2. The Labute approximate surface area is 114 Å². The number of hydrogen-bond acceptors (Lipinski definition) is 2. The molecular formula is C14H24N2O3. The van der Waals surface area contributed by atoms with Gasteiger partial charge < -0.3 is 15.3 Å². The Bertz CT molecular complexity index is 346. The van der Waals surface area contributed by atoms with Crippen LogP contribution in [-0.2, 0) is 4.79 Å². The summed E-state index contributed by atoms with van der Waals surface area (Å²) in [6, 6.07) is 0.187. The van der Waals surface area contributed by atoms with Crippen LogP contribution in [0.25, 0.3) is 0 Å². The van der Waals surface area contributed by atoms with E-state index in [1.807, 2.05) is 0 Å². The first-order valence-corrected chi connectivity index (χ1v) is 7.34. The summed E-state index contributed by atoms with van der Waals surface area (Å²) >= 11 is 0. The maximum atomic E-state index is 12.2. The topological polar surface area (TPSA) is 69.6 Å². The minimum atomic E-state index is -0.788. The van der Waals surface area contributed by atoms with Crippen LogP contribution in [0.5, 0.6) is 0 Å². The number of carboxylic acid groups (broad SMARTS) is 1. The van der Waals surface area contributed by atoms with E-state index in [1.54, 1.807) is 4.90 Å². The zero-order valence-corrected chi connectivity index (χ0v) is 11.6. The molecular weight excluding hydrogens is 244 g/mol. The van der Waals surface area contributed by atoms with E-state index in [9.17, 15) is 9.59 Å². The van der Waals surface area contributed by atoms with E-state index in [0.717, 1.165) is 19.3 Å². The van der Waals surface area contributed by atoms with Crippen molar-refractivity contribution in [3.63, 3.8) is 0 Å². The van der Waals surface area contributed by atoms with E-state index in [4.69, 9.17) is 5.11 Å². The van der Waals surface area contributed by atoms with Crippen molar-refractivity contribution in [2.75, 3.05) is 13.1 Å². The summed E-state index contributed by atoms with van der Waals surface area (Å²) in [5.74, 6) is -0.513. The molecule has 2 unspecified atom stereocenters. The van der Waals surface area contributed by atoms with Crippen molar-refractivity contribution in [2.24, 2.45) is 11.8 Å². The molecule has 2 amide bonds. The summed E-state index contributed by atoms with van der Waals surface area (Å²) in [6.45, 7) is 3.25. The highest BCUT2D eigenvalue weighted by atomic mass is 16.4. The first kappa shape index (κ1) is 14.2. The highest BCUT2D eigenvalue weighted by Crippen LogP contribution is 2.24. The van der Waals surface area contributed by atoms with Gasteiger partial charge in [-0.25, -0.2) is 4.79 Å². The van der Waals surface area contributed by atoms with Crippen molar-refractivity contribution in [1.82, 2.24) is 10.2 Å². The van der Waals surface area contributed by atoms with Crippen molar-refractivity contribution < 1.29 is 14.7 Å². The number of hydrogen-bond donors (Lipinski definition) is 2. The fourth-order valence-corrected chi connectivity index (χ4v) is 3.19. The maximum Gasteiger partial charge on any atom is 0.317 e. The van der Waals surface area contributed by atoms with Gasteiger partial charge >= 0.3 is 12.0 Å². The van der Waals surface area contributed by atoms with Gasteiger partial charge in [-0.15, -0.1) is 0 Å². The van der Waals surface area contributed by atoms with Gasteiger partial charge in [0.2, 0.25) is 0 Å². The molecule has 1 aliphatic carbocycles. The first-order chi connectivity index (χ1) is 9.06. The van der Waals surface area contributed by atoms with Gasteiger partial charge in [0, 0.05) is 19.1 Å². The molecule has 2 aliphatic rings. The molecule has 0 radical (unpaired) electrons. The zero-order valence-electron chi connectivity index (χ0n) is 11.6. The number of piperidine rings is 1. The van der Waals surface area contributed by atoms with E-state index >= 15 is 0 Å². The Hall–Kier alpha value is -1.26. The van der Waals surface area contributed by atoms with Crippen LogP contribution < -0.4 is 5.32 Å². The van der Waals surface area contributed by atoms with Gasteiger partial charge in [-0.3, -0.25) is 4.79 Å². The predicted octanol–water partition coefficient (Wildman–Crippen LogP) is 2.07. The molecule has 2 rings (SSSR count). The lowest BCUT2D eigenvalue weighted by atomic mass is 9.87. The highest BCUT2D eigenvalue weighted by Gasteiger charge is 2.29. The molecule has 5 heteroatoms. The van der Waals surface area contributed by atoms with Crippen molar-refractivity contribution in [2.45, 2.75) is 51.5 Å². The number of carbonyl (C=O) groups is 2. The number of nitrogens with zero attached hydrogens (tertiary/aromatic N) is 1. The summed E-state index contributed by atoms with van der Waals surface area (Å²) in [7, 11) is 0. The molecule has 1 saturated heterocycles. The number of urea groups is 1. The van der Waals surface area contributed by atoms with Gasteiger partial charge in [-0.2, -0.15) is 0 Å². The average molecular weight is 268 g/mol.